The predicted octanol–water partition coefficient (Wildman–Crippen LogP) is 2.34. The van der Waals surface area contributed by atoms with E-state index in [1.165, 1.54) is 11.0 Å². The number of halogens is 2. The highest BCUT2D eigenvalue weighted by molar-refractivity contribution is 7.99. The normalized spacial score (nSPS) is 16.8. The Labute approximate surface area is 157 Å². The average molecular weight is 382 g/mol. The Hall–Kier alpha value is -1.27. The van der Waals surface area contributed by atoms with Gasteiger partial charge in [0.05, 0.1) is 31.9 Å². The number of nitrogens with one attached hydrogen (secondary N) is 1. The summed E-state index contributed by atoms with van der Waals surface area (Å²) in [6.07, 6.45) is -0.362. The van der Waals surface area contributed by atoms with Crippen molar-refractivity contribution in [1.29, 1.82) is 0 Å². The van der Waals surface area contributed by atoms with Crippen LogP contribution in [-0.2, 0) is 0 Å². The molecule has 3 rings (SSSR count). The quantitative estimate of drug-likeness (QED) is 0.752. The maximum absolute atomic E-state index is 13.9. The van der Waals surface area contributed by atoms with Crippen molar-refractivity contribution in [2.45, 2.75) is 11.0 Å². The van der Waals surface area contributed by atoms with Crippen molar-refractivity contribution in [2.24, 2.45) is 0 Å². The van der Waals surface area contributed by atoms with Crippen LogP contribution in [0.1, 0.15) is 0 Å². The third-order valence-corrected chi connectivity index (χ3v) is 5.80. The highest BCUT2D eigenvalue weighted by Gasteiger charge is 2.23. The van der Waals surface area contributed by atoms with Gasteiger partial charge in [0.2, 0.25) is 0 Å². The summed E-state index contributed by atoms with van der Waals surface area (Å²) in [5.41, 5.74) is 0.679. The number of aliphatic hydroxyl groups excluding tert-OH is 1. The Morgan fingerprint density at radius 3 is 2.64 bits per heavy atom. The van der Waals surface area contributed by atoms with E-state index in [-0.39, 0.29) is 11.9 Å². The number of hydrogen-bond acceptors (Lipinski definition) is 3. The van der Waals surface area contributed by atoms with Crippen LogP contribution >= 0.6 is 23.4 Å². The first kappa shape index (κ1) is 18.5. The number of aliphatic hydroxyl groups is 1. The molecule has 0 unspecified atom stereocenters. The van der Waals surface area contributed by atoms with Crippen LogP contribution in [0.3, 0.4) is 0 Å². The monoisotopic (exact) mass is 381 g/mol. The van der Waals surface area contributed by atoms with Gasteiger partial charge >= 0.3 is 0 Å². The van der Waals surface area contributed by atoms with Gasteiger partial charge in [-0.25, -0.2) is 4.39 Å². The largest absolute Gasteiger partial charge is 0.386 e. The third kappa shape index (κ3) is 5.35. The van der Waals surface area contributed by atoms with Crippen LogP contribution in [0.4, 0.5) is 10.1 Å². The fourth-order valence-electron chi connectivity index (χ4n) is 3.12. The summed E-state index contributed by atoms with van der Waals surface area (Å²) in [7, 11) is 0. The Balaban J connectivity index is 1.43. The zero-order valence-electron chi connectivity index (χ0n) is 14.0. The Morgan fingerprint density at radius 1 is 1.16 bits per heavy atom. The molecule has 1 saturated heterocycles. The second-order valence-corrected chi connectivity index (χ2v) is 7.84. The Kier molecular flexibility index (Phi) is 6.59. The number of anilines is 1. The molecule has 0 spiro atoms. The number of nitrogens with zero attached hydrogens (tertiary/aromatic N) is 1. The predicted molar refractivity (Wildman–Crippen MR) is 102 cm³/mol. The molecule has 25 heavy (non-hydrogen) atoms. The molecular weight excluding hydrogens is 359 g/mol. The van der Waals surface area contributed by atoms with Gasteiger partial charge in [-0.05, 0) is 30.3 Å². The van der Waals surface area contributed by atoms with Gasteiger partial charge in [-0.2, -0.15) is 0 Å². The minimum absolute atomic E-state index is 0.163. The molecule has 134 valence electrons. The van der Waals surface area contributed by atoms with Crippen LogP contribution in [-0.4, -0.2) is 49.7 Å². The van der Waals surface area contributed by atoms with Gasteiger partial charge < -0.3 is 14.9 Å². The van der Waals surface area contributed by atoms with Gasteiger partial charge in [-0.3, -0.25) is 0 Å². The minimum Gasteiger partial charge on any atom is -0.386 e. The smallest absolute Gasteiger partial charge is 0.146 e. The van der Waals surface area contributed by atoms with Crippen LogP contribution in [0.2, 0.25) is 5.02 Å². The number of para-hydroxylation sites is 1. The van der Waals surface area contributed by atoms with Crippen molar-refractivity contribution in [3.8, 4) is 0 Å². The molecule has 0 saturated carbocycles. The Morgan fingerprint density at radius 2 is 1.92 bits per heavy atom. The molecule has 1 aliphatic heterocycles. The standard InChI is InChI=1S/C19H22ClFN2OS/c20-15-4-3-5-17(12-15)25-14-16(24)13-22-8-10-23(11-9-22)19-7-2-1-6-18(19)21/h1-7,12,16,24H,8-11,13-14H2/p+1/t16-/m1/s1. The van der Waals surface area contributed by atoms with Gasteiger partial charge in [0.25, 0.3) is 0 Å². The van der Waals surface area contributed by atoms with E-state index < -0.39 is 0 Å². The lowest BCUT2D eigenvalue weighted by Gasteiger charge is -2.34. The number of rotatable bonds is 6. The first-order valence-electron chi connectivity index (χ1n) is 8.51. The van der Waals surface area contributed by atoms with E-state index in [0.29, 0.717) is 11.4 Å². The van der Waals surface area contributed by atoms with E-state index >= 15 is 0 Å². The summed E-state index contributed by atoms with van der Waals surface area (Å²) in [6, 6.07) is 14.6. The van der Waals surface area contributed by atoms with Crippen molar-refractivity contribution >= 4 is 29.1 Å². The number of benzene rings is 2. The van der Waals surface area contributed by atoms with Gasteiger partial charge in [0.1, 0.15) is 18.5 Å². The summed E-state index contributed by atoms with van der Waals surface area (Å²) in [5, 5.41) is 11.0. The average Bonchev–Trinajstić information content (AvgIpc) is 2.61. The number of hydrogen-bond donors (Lipinski definition) is 2. The first-order valence-corrected chi connectivity index (χ1v) is 9.87. The van der Waals surface area contributed by atoms with E-state index in [1.807, 2.05) is 36.4 Å². The topological polar surface area (TPSA) is 27.9 Å². The van der Waals surface area contributed by atoms with Gasteiger partial charge in [-0.1, -0.05) is 29.8 Å². The van der Waals surface area contributed by atoms with Crippen molar-refractivity contribution < 1.29 is 14.4 Å². The molecule has 0 bridgehead atoms. The molecule has 1 fully saturated rings. The lowest BCUT2D eigenvalue weighted by Crippen LogP contribution is -3.16. The van der Waals surface area contributed by atoms with Crippen LogP contribution in [0, 0.1) is 5.82 Å². The molecule has 1 atom stereocenters. The second-order valence-electron chi connectivity index (χ2n) is 6.31. The molecule has 0 amide bonds. The Bertz CT molecular complexity index is 695. The molecule has 2 N–H and O–H groups in total. The van der Waals surface area contributed by atoms with Crippen LogP contribution < -0.4 is 9.80 Å². The SMILES string of the molecule is O[C@@H](CSc1cccc(Cl)c1)C[NH+]1CCN(c2ccccc2F)CC1. The summed E-state index contributed by atoms with van der Waals surface area (Å²) < 4.78 is 13.9. The number of thioether (sulfide) groups is 1. The summed E-state index contributed by atoms with van der Waals surface area (Å²) >= 11 is 7.60. The molecule has 1 aliphatic rings. The van der Waals surface area contributed by atoms with Gasteiger partial charge in [0.15, 0.2) is 0 Å². The lowest BCUT2D eigenvalue weighted by atomic mass is 10.2. The van der Waals surface area contributed by atoms with Gasteiger partial charge in [0, 0.05) is 15.7 Å². The zero-order valence-corrected chi connectivity index (χ0v) is 15.6. The summed E-state index contributed by atoms with van der Waals surface area (Å²) in [4.78, 5) is 4.53. The summed E-state index contributed by atoms with van der Waals surface area (Å²) in [6.45, 7) is 4.16. The number of piperazine rings is 1. The second kappa shape index (κ2) is 8.90. The van der Waals surface area contributed by atoms with Crippen molar-refractivity contribution in [1.82, 2.24) is 0 Å². The van der Waals surface area contributed by atoms with E-state index in [2.05, 4.69) is 4.90 Å². The van der Waals surface area contributed by atoms with Crippen LogP contribution in [0.15, 0.2) is 53.4 Å². The highest BCUT2D eigenvalue weighted by Crippen LogP contribution is 2.22. The molecule has 2 aromatic carbocycles. The van der Waals surface area contributed by atoms with E-state index in [9.17, 15) is 9.50 Å². The number of quaternary nitrogens is 1. The molecule has 0 radical (unpaired) electrons. The summed E-state index contributed by atoms with van der Waals surface area (Å²) in [5.74, 6) is 0.491. The van der Waals surface area contributed by atoms with E-state index in [4.69, 9.17) is 11.6 Å². The highest BCUT2D eigenvalue weighted by atomic mass is 35.5. The molecule has 0 aromatic heterocycles. The lowest BCUT2D eigenvalue weighted by molar-refractivity contribution is -0.903. The third-order valence-electron chi connectivity index (χ3n) is 4.43. The minimum atomic E-state index is -0.362. The molecule has 1 heterocycles. The van der Waals surface area contributed by atoms with Crippen LogP contribution in [0.25, 0.3) is 0 Å². The molecule has 0 aliphatic carbocycles. The fraction of sp³-hybridized carbons (Fsp3) is 0.368. The van der Waals surface area contributed by atoms with Crippen molar-refractivity contribution in [2.75, 3.05) is 43.4 Å². The maximum Gasteiger partial charge on any atom is 0.146 e. The zero-order chi connectivity index (χ0) is 17.6. The van der Waals surface area contributed by atoms with Crippen molar-refractivity contribution in [3.63, 3.8) is 0 Å². The molecule has 6 heteroatoms. The van der Waals surface area contributed by atoms with Gasteiger partial charge in [-0.15, -0.1) is 11.8 Å². The maximum atomic E-state index is 13.9. The fourth-order valence-corrected chi connectivity index (χ4v) is 4.26. The first-order chi connectivity index (χ1) is 12.1. The van der Waals surface area contributed by atoms with Crippen molar-refractivity contribution in [3.05, 3.63) is 59.4 Å². The molecular formula is C19H23ClFN2OS+. The molecule has 3 nitrogen and oxygen atoms in total. The van der Waals surface area contributed by atoms with Crippen LogP contribution in [0.5, 0.6) is 0 Å². The molecule has 2 aromatic rings. The van der Waals surface area contributed by atoms with E-state index in [0.717, 1.165) is 42.6 Å². The van der Waals surface area contributed by atoms with E-state index in [1.54, 1.807) is 17.8 Å².